The van der Waals surface area contributed by atoms with Crippen LogP contribution in [-0.2, 0) is 0 Å². The lowest BCUT2D eigenvalue weighted by Gasteiger charge is -2.28. The third-order valence-corrected chi connectivity index (χ3v) is 2.38. The van der Waals surface area contributed by atoms with Crippen molar-refractivity contribution in [3.8, 4) is 0 Å². The molecule has 78 valence electrons. The summed E-state index contributed by atoms with van der Waals surface area (Å²) < 4.78 is 0. The van der Waals surface area contributed by atoms with Crippen molar-refractivity contribution < 1.29 is 0 Å². The van der Waals surface area contributed by atoms with E-state index >= 15 is 0 Å². The standard InChI is InChI=1S/C13H26/c1-8-11(13(5,6)7)9-10-12(2,3)4/h9-11H,8H2,1-7H3/b10-9+/t11-/m1/s1. The molecule has 0 unspecified atom stereocenters. The van der Waals surface area contributed by atoms with Crippen molar-refractivity contribution in [3.05, 3.63) is 12.2 Å². The van der Waals surface area contributed by atoms with Crippen LogP contribution in [0, 0.1) is 16.7 Å². The summed E-state index contributed by atoms with van der Waals surface area (Å²) in [6, 6.07) is 0. The van der Waals surface area contributed by atoms with Crippen LogP contribution in [0.25, 0.3) is 0 Å². The van der Waals surface area contributed by atoms with E-state index in [4.69, 9.17) is 0 Å². The number of rotatable bonds is 2. The van der Waals surface area contributed by atoms with Gasteiger partial charge in [0, 0.05) is 0 Å². The summed E-state index contributed by atoms with van der Waals surface area (Å²) in [5, 5.41) is 0. The summed E-state index contributed by atoms with van der Waals surface area (Å²) in [5.41, 5.74) is 0.717. The molecular weight excluding hydrogens is 156 g/mol. The zero-order valence-corrected chi connectivity index (χ0v) is 10.4. The fourth-order valence-corrected chi connectivity index (χ4v) is 1.44. The highest BCUT2D eigenvalue weighted by atomic mass is 14.3. The summed E-state index contributed by atoms with van der Waals surface area (Å²) in [5.74, 6) is 0.701. The van der Waals surface area contributed by atoms with Crippen molar-refractivity contribution >= 4 is 0 Å². The Morgan fingerprint density at radius 1 is 1.00 bits per heavy atom. The Kier molecular flexibility index (Phi) is 4.22. The average Bonchev–Trinajstić information content (AvgIpc) is 1.82. The molecule has 0 aliphatic carbocycles. The molecule has 0 bridgehead atoms. The van der Waals surface area contributed by atoms with Crippen LogP contribution in [0.1, 0.15) is 54.9 Å². The van der Waals surface area contributed by atoms with E-state index in [2.05, 4.69) is 60.6 Å². The number of hydrogen-bond acceptors (Lipinski definition) is 0. The molecule has 1 atom stereocenters. The molecule has 0 heterocycles. The highest BCUT2D eigenvalue weighted by molar-refractivity contribution is 4.98. The molecule has 0 radical (unpaired) electrons. The smallest absolute Gasteiger partial charge is 0.0187 e. The predicted octanol–water partition coefficient (Wildman–Crippen LogP) is 4.66. The molecule has 0 saturated heterocycles. The van der Waals surface area contributed by atoms with Gasteiger partial charge in [-0.15, -0.1) is 0 Å². The summed E-state index contributed by atoms with van der Waals surface area (Å²) in [7, 11) is 0. The maximum atomic E-state index is 2.39. The van der Waals surface area contributed by atoms with Gasteiger partial charge in [-0.3, -0.25) is 0 Å². The minimum atomic E-state index is 0.318. The Balaban J connectivity index is 4.39. The molecule has 0 nitrogen and oxygen atoms in total. The van der Waals surface area contributed by atoms with E-state index in [-0.39, 0.29) is 0 Å². The second-order valence-electron chi connectivity index (χ2n) is 6.11. The summed E-state index contributed by atoms with van der Waals surface area (Å²) in [6.07, 6.45) is 5.96. The lowest BCUT2D eigenvalue weighted by atomic mass is 9.78. The lowest BCUT2D eigenvalue weighted by Crippen LogP contribution is -2.18. The van der Waals surface area contributed by atoms with E-state index in [0.29, 0.717) is 16.7 Å². The molecule has 0 spiro atoms. The van der Waals surface area contributed by atoms with Crippen molar-refractivity contribution in [2.24, 2.45) is 16.7 Å². The first-order valence-electron chi connectivity index (χ1n) is 5.36. The van der Waals surface area contributed by atoms with Gasteiger partial charge < -0.3 is 0 Å². The normalized spacial score (nSPS) is 16.5. The highest BCUT2D eigenvalue weighted by Gasteiger charge is 2.20. The largest absolute Gasteiger partial charge is 0.0844 e. The van der Waals surface area contributed by atoms with E-state index in [1.54, 1.807) is 0 Å². The Morgan fingerprint density at radius 3 is 1.69 bits per heavy atom. The van der Waals surface area contributed by atoms with Gasteiger partial charge in [0.05, 0.1) is 0 Å². The van der Waals surface area contributed by atoms with Gasteiger partial charge in [0.2, 0.25) is 0 Å². The van der Waals surface area contributed by atoms with Crippen molar-refractivity contribution in [1.82, 2.24) is 0 Å². The molecule has 0 aliphatic rings. The fraction of sp³-hybridized carbons (Fsp3) is 0.846. The van der Waals surface area contributed by atoms with E-state index in [0.717, 1.165) is 0 Å². The predicted molar refractivity (Wildman–Crippen MR) is 61.8 cm³/mol. The van der Waals surface area contributed by atoms with Gasteiger partial charge in [-0.2, -0.15) is 0 Å². The Hall–Kier alpha value is -0.260. The summed E-state index contributed by atoms with van der Waals surface area (Å²) >= 11 is 0. The van der Waals surface area contributed by atoms with Gasteiger partial charge in [-0.1, -0.05) is 60.6 Å². The molecule has 0 aromatic rings. The quantitative estimate of drug-likeness (QED) is 0.545. The third-order valence-electron chi connectivity index (χ3n) is 2.38. The zero-order valence-electron chi connectivity index (χ0n) is 10.4. The number of allylic oxidation sites excluding steroid dienone is 2. The van der Waals surface area contributed by atoms with Crippen LogP contribution in [0.2, 0.25) is 0 Å². The van der Waals surface area contributed by atoms with Crippen LogP contribution >= 0.6 is 0 Å². The van der Waals surface area contributed by atoms with Crippen molar-refractivity contribution in [2.75, 3.05) is 0 Å². The molecule has 0 saturated carbocycles. The summed E-state index contributed by atoms with van der Waals surface area (Å²) in [4.78, 5) is 0. The minimum absolute atomic E-state index is 0.318. The van der Waals surface area contributed by atoms with Gasteiger partial charge in [-0.25, -0.2) is 0 Å². The molecule has 0 aliphatic heterocycles. The number of hydrogen-bond donors (Lipinski definition) is 0. The van der Waals surface area contributed by atoms with Gasteiger partial charge in [0.25, 0.3) is 0 Å². The molecule has 0 aromatic heterocycles. The van der Waals surface area contributed by atoms with Gasteiger partial charge in [0.15, 0.2) is 0 Å². The van der Waals surface area contributed by atoms with Crippen LogP contribution in [0.15, 0.2) is 12.2 Å². The van der Waals surface area contributed by atoms with Crippen molar-refractivity contribution in [2.45, 2.75) is 54.9 Å². The second kappa shape index (κ2) is 4.30. The van der Waals surface area contributed by atoms with Crippen LogP contribution in [0.3, 0.4) is 0 Å². The zero-order chi connectivity index (χ0) is 10.7. The Labute approximate surface area is 84.4 Å². The first-order valence-corrected chi connectivity index (χ1v) is 5.36. The van der Waals surface area contributed by atoms with Crippen molar-refractivity contribution in [3.63, 3.8) is 0 Å². The van der Waals surface area contributed by atoms with Crippen LogP contribution in [0.5, 0.6) is 0 Å². The highest BCUT2D eigenvalue weighted by Crippen LogP contribution is 2.31. The van der Waals surface area contributed by atoms with Crippen LogP contribution < -0.4 is 0 Å². The molecular formula is C13H26. The average molecular weight is 182 g/mol. The third kappa shape index (κ3) is 5.90. The van der Waals surface area contributed by atoms with Crippen molar-refractivity contribution in [1.29, 1.82) is 0 Å². The molecule has 0 amide bonds. The topological polar surface area (TPSA) is 0 Å². The summed E-state index contributed by atoms with van der Waals surface area (Å²) in [6.45, 7) is 16.0. The van der Waals surface area contributed by atoms with Gasteiger partial charge in [0.1, 0.15) is 0 Å². The minimum Gasteiger partial charge on any atom is -0.0844 e. The Morgan fingerprint density at radius 2 is 1.46 bits per heavy atom. The maximum absolute atomic E-state index is 2.39. The Bertz CT molecular complexity index is 161. The van der Waals surface area contributed by atoms with E-state index in [1.165, 1.54) is 6.42 Å². The van der Waals surface area contributed by atoms with E-state index < -0.39 is 0 Å². The molecule has 13 heavy (non-hydrogen) atoms. The molecule has 0 heteroatoms. The van der Waals surface area contributed by atoms with Gasteiger partial charge in [-0.05, 0) is 23.2 Å². The monoisotopic (exact) mass is 182 g/mol. The SMILES string of the molecule is CC[C@H](/C=C/C(C)(C)C)C(C)(C)C. The molecule has 0 N–H and O–H groups in total. The van der Waals surface area contributed by atoms with Gasteiger partial charge >= 0.3 is 0 Å². The van der Waals surface area contributed by atoms with Crippen LogP contribution in [0.4, 0.5) is 0 Å². The first kappa shape index (κ1) is 12.7. The fourth-order valence-electron chi connectivity index (χ4n) is 1.44. The van der Waals surface area contributed by atoms with E-state index in [9.17, 15) is 0 Å². The molecule has 0 fully saturated rings. The maximum Gasteiger partial charge on any atom is -0.0187 e. The first-order chi connectivity index (χ1) is 5.67. The lowest BCUT2D eigenvalue weighted by molar-refractivity contribution is 0.284. The molecule has 0 aromatic carbocycles. The van der Waals surface area contributed by atoms with Crippen LogP contribution in [-0.4, -0.2) is 0 Å². The van der Waals surface area contributed by atoms with E-state index in [1.807, 2.05) is 0 Å². The second-order valence-corrected chi connectivity index (χ2v) is 6.11. The molecule has 0 rings (SSSR count).